The summed E-state index contributed by atoms with van der Waals surface area (Å²) >= 11 is 0. The van der Waals surface area contributed by atoms with Crippen molar-refractivity contribution in [3.8, 4) is 12.3 Å². The summed E-state index contributed by atoms with van der Waals surface area (Å²) in [5.74, 6) is 2.29. The van der Waals surface area contributed by atoms with Gasteiger partial charge in [0.1, 0.15) is 5.60 Å². The summed E-state index contributed by atoms with van der Waals surface area (Å²) in [5.41, 5.74) is -0.564. The van der Waals surface area contributed by atoms with Gasteiger partial charge in [-0.25, -0.2) is 4.79 Å². The fourth-order valence-electron chi connectivity index (χ4n) is 0.977. The lowest BCUT2D eigenvalue weighted by molar-refractivity contribution is -0.120. The number of terminal acetylenes is 1. The Kier molecular flexibility index (Phi) is 5.59. The number of ether oxygens (including phenoxy) is 1. The zero-order chi connectivity index (χ0) is 12.8. The number of alkyl carbamates (subject to hydrolysis) is 1. The smallest absolute Gasteiger partial charge is 0.408 e. The van der Waals surface area contributed by atoms with E-state index in [4.69, 9.17) is 11.2 Å². The first kappa shape index (κ1) is 14.5. The van der Waals surface area contributed by atoms with Crippen LogP contribution in [0.1, 0.15) is 40.5 Å². The molecule has 0 bridgehead atoms. The highest BCUT2D eigenvalue weighted by molar-refractivity contribution is 5.87. The number of hydrogen-bond acceptors (Lipinski definition) is 3. The van der Waals surface area contributed by atoms with Gasteiger partial charge in [0, 0.05) is 12.8 Å². The molecule has 0 unspecified atom stereocenters. The quantitative estimate of drug-likeness (QED) is 0.743. The topological polar surface area (TPSA) is 55.4 Å². The van der Waals surface area contributed by atoms with Gasteiger partial charge in [0.25, 0.3) is 0 Å². The fourth-order valence-corrected chi connectivity index (χ4v) is 0.977. The number of amides is 1. The molecule has 0 rings (SSSR count). The Hall–Kier alpha value is -1.50. The van der Waals surface area contributed by atoms with Crippen LogP contribution in [-0.2, 0) is 9.53 Å². The Morgan fingerprint density at radius 3 is 2.44 bits per heavy atom. The van der Waals surface area contributed by atoms with Gasteiger partial charge in [-0.3, -0.25) is 4.79 Å². The Balaban J connectivity index is 4.05. The van der Waals surface area contributed by atoms with Crippen LogP contribution in [0.2, 0.25) is 0 Å². The highest BCUT2D eigenvalue weighted by Crippen LogP contribution is 2.07. The van der Waals surface area contributed by atoms with E-state index in [-0.39, 0.29) is 12.2 Å². The number of carbonyl (C=O) groups excluding carboxylic acids is 2. The molecule has 0 heterocycles. The lowest BCUT2D eigenvalue weighted by Crippen LogP contribution is -2.41. The zero-order valence-corrected chi connectivity index (χ0v) is 10.3. The molecule has 0 aromatic carbocycles. The summed E-state index contributed by atoms with van der Waals surface area (Å²) in [6.45, 7) is 6.90. The van der Waals surface area contributed by atoms with E-state index in [1.807, 2.05) is 0 Å². The Bertz CT molecular complexity index is 296. The van der Waals surface area contributed by atoms with Crippen LogP contribution in [0, 0.1) is 12.3 Å². The van der Waals surface area contributed by atoms with E-state index >= 15 is 0 Å². The predicted octanol–water partition coefficient (Wildman–Crippen LogP) is 1.88. The van der Waals surface area contributed by atoms with Crippen LogP contribution in [0.3, 0.4) is 0 Å². The monoisotopic (exact) mass is 225 g/mol. The number of Topliss-reactive ketones (excluding diaryl/α,β-unsaturated/α-hetero) is 1. The van der Waals surface area contributed by atoms with Crippen molar-refractivity contribution >= 4 is 11.9 Å². The Morgan fingerprint density at radius 2 is 2.00 bits per heavy atom. The molecule has 4 heteroatoms. The van der Waals surface area contributed by atoms with Crippen LogP contribution < -0.4 is 5.32 Å². The van der Waals surface area contributed by atoms with Gasteiger partial charge < -0.3 is 10.1 Å². The predicted molar refractivity (Wildman–Crippen MR) is 61.9 cm³/mol. The summed E-state index contributed by atoms with van der Waals surface area (Å²) in [6, 6.07) is -0.566. The maximum atomic E-state index is 11.4. The zero-order valence-electron chi connectivity index (χ0n) is 10.3. The van der Waals surface area contributed by atoms with Crippen LogP contribution in [0.4, 0.5) is 4.79 Å². The van der Waals surface area contributed by atoms with E-state index in [9.17, 15) is 9.59 Å². The van der Waals surface area contributed by atoms with Crippen molar-refractivity contribution in [1.82, 2.24) is 5.32 Å². The summed E-state index contributed by atoms with van der Waals surface area (Å²) < 4.78 is 5.02. The molecule has 0 spiro atoms. The molecule has 0 aliphatic heterocycles. The summed E-state index contributed by atoms with van der Waals surface area (Å²) in [6.07, 6.45) is 5.12. The molecule has 0 fully saturated rings. The Morgan fingerprint density at radius 1 is 1.44 bits per heavy atom. The SMILES string of the molecule is C#CCCC(=O)[C@H](C)NC(=O)OC(C)(C)C. The van der Waals surface area contributed by atoms with Crippen molar-refractivity contribution in [3.63, 3.8) is 0 Å². The average molecular weight is 225 g/mol. The summed E-state index contributed by atoms with van der Waals surface area (Å²) in [7, 11) is 0. The van der Waals surface area contributed by atoms with E-state index in [0.717, 1.165) is 0 Å². The number of rotatable bonds is 4. The first-order valence-electron chi connectivity index (χ1n) is 5.22. The molecule has 16 heavy (non-hydrogen) atoms. The van der Waals surface area contributed by atoms with Gasteiger partial charge >= 0.3 is 6.09 Å². The molecule has 0 aliphatic rings. The van der Waals surface area contributed by atoms with Gasteiger partial charge in [-0.05, 0) is 27.7 Å². The second kappa shape index (κ2) is 6.16. The minimum atomic E-state index is -0.589. The van der Waals surface area contributed by atoms with E-state index in [2.05, 4.69) is 11.2 Å². The first-order chi connectivity index (χ1) is 7.26. The second-order valence-electron chi connectivity index (χ2n) is 4.54. The van der Waals surface area contributed by atoms with Crippen LogP contribution in [0.25, 0.3) is 0 Å². The number of carbonyl (C=O) groups is 2. The van der Waals surface area contributed by atoms with Crippen molar-refractivity contribution in [1.29, 1.82) is 0 Å². The first-order valence-corrected chi connectivity index (χ1v) is 5.22. The highest BCUT2D eigenvalue weighted by Gasteiger charge is 2.20. The van der Waals surface area contributed by atoms with Gasteiger partial charge in [-0.2, -0.15) is 0 Å². The van der Waals surface area contributed by atoms with Crippen LogP contribution in [0.5, 0.6) is 0 Å². The van der Waals surface area contributed by atoms with Crippen molar-refractivity contribution in [2.75, 3.05) is 0 Å². The van der Waals surface area contributed by atoms with Crippen molar-refractivity contribution < 1.29 is 14.3 Å². The van der Waals surface area contributed by atoms with E-state index in [1.165, 1.54) is 0 Å². The second-order valence-corrected chi connectivity index (χ2v) is 4.54. The molecule has 0 saturated carbocycles. The average Bonchev–Trinajstić information content (AvgIpc) is 2.10. The molecule has 1 amide bonds. The van der Waals surface area contributed by atoms with Crippen molar-refractivity contribution in [3.05, 3.63) is 0 Å². The molecule has 0 saturated heterocycles. The third-order valence-electron chi connectivity index (χ3n) is 1.73. The third kappa shape index (κ3) is 6.88. The van der Waals surface area contributed by atoms with E-state index in [1.54, 1.807) is 27.7 Å². The molecular weight excluding hydrogens is 206 g/mol. The minimum absolute atomic E-state index is 0.0937. The Labute approximate surface area is 96.7 Å². The van der Waals surface area contributed by atoms with Crippen molar-refractivity contribution in [2.45, 2.75) is 52.2 Å². The van der Waals surface area contributed by atoms with E-state index < -0.39 is 17.7 Å². The fraction of sp³-hybridized carbons (Fsp3) is 0.667. The molecule has 1 N–H and O–H groups in total. The molecule has 90 valence electrons. The van der Waals surface area contributed by atoms with E-state index in [0.29, 0.717) is 6.42 Å². The van der Waals surface area contributed by atoms with Crippen LogP contribution in [0.15, 0.2) is 0 Å². The molecular formula is C12H19NO3. The highest BCUT2D eigenvalue weighted by atomic mass is 16.6. The van der Waals surface area contributed by atoms with Crippen LogP contribution >= 0.6 is 0 Å². The van der Waals surface area contributed by atoms with Gasteiger partial charge in [0.05, 0.1) is 6.04 Å². The molecule has 0 aliphatic carbocycles. The number of ketones is 1. The van der Waals surface area contributed by atoms with Gasteiger partial charge in [0.2, 0.25) is 0 Å². The van der Waals surface area contributed by atoms with Gasteiger partial charge in [-0.15, -0.1) is 12.3 Å². The normalized spacial score (nSPS) is 12.4. The molecule has 4 nitrogen and oxygen atoms in total. The molecule has 0 aromatic rings. The minimum Gasteiger partial charge on any atom is -0.444 e. The lowest BCUT2D eigenvalue weighted by Gasteiger charge is -2.21. The molecule has 1 atom stereocenters. The van der Waals surface area contributed by atoms with Gasteiger partial charge in [0.15, 0.2) is 5.78 Å². The molecule has 0 aromatic heterocycles. The maximum absolute atomic E-state index is 11.4. The van der Waals surface area contributed by atoms with Crippen molar-refractivity contribution in [2.24, 2.45) is 0 Å². The summed E-state index contributed by atoms with van der Waals surface area (Å²) in [5, 5.41) is 2.47. The standard InChI is InChI=1S/C12H19NO3/c1-6-7-8-10(14)9(2)13-11(15)16-12(3,4)5/h1,9H,7-8H2,2-5H3,(H,13,15)/t9-/m0/s1. The van der Waals surface area contributed by atoms with Gasteiger partial charge in [-0.1, -0.05) is 0 Å². The third-order valence-corrected chi connectivity index (χ3v) is 1.73. The van der Waals surface area contributed by atoms with Crippen LogP contribution in [-0.4, -0.2) is 23.5 Å². The maximum Gasteiger partial charge on any atom is 0.408 e. The lowest BCUT2D eigenvalue weighted by atomic mass is 10.1. The molecule has 0 radical (unpaired) electrons. The summed E-state index contributed by atoms with van der Waals surface area (Å²) in [4.78, 5) is 22.8. The largest absolute Gasteiger partial charge is 0.444 e. The number of nitrogens with one attached hydrogen (secondary N) is 1. The number of hydrogen-bond donors (Lipinski definition) is 1.